The lowest BCUT2D eigenvalue weighted by molar-refractivity contribution is 0.0689. The van der Waals surface area contributed by atoms with Crippen molar-refractivity contribution in [2.45, 2.75) is 26.3 Å². The van der Waals surface area contributed by atoms with E-state index in [2.05, 4.69) is 10.3 Å². The van der Waals surface area contributed by atoms with Crippen LogP contribution in [0, 0.1) is 0 Å². The Labute approximate surface area is 93.5 Å². The molecule has 0 aliphatic heterocycles. The summed E-state index contributed by atoms with van der Waals surface area (Å²) in [6.45, 7) is 3.78. The van der Waals surface area contributed by atoms with Crippen molar-refractivity contribution in [2.24, 2.45) is 0 Å². The number of nitrogens with one attached hydrogen (secondary N) is 1. The van der Waals surface area contributed by atoms with Crippen LogP contribution in [0.2, 0.25) is 0 Å². The number of carboxylic acids is 1. The first-order valence-corrected chi connectivity index (χ1v) is 5.05. The van der Waals surface area contributed by atoms with Crippen molar-refractivity contribution in [3.05, 3.63) is 29.6 Å². The molecule has 1 heterocycles. The van der Waals surface area contributed by atoms with Gasteiger partial charge in [0.2, 0.25) is 0 Å². The van der Waals surface area contributed by atoms with Crippen molar-refractivity contribution in [3.8, 4) is 0 Å². The summed E-state index contributed by atoms with van der Waals surface area (Å²) in [6.07, 6.45) is 2.18. The van der Waals surface area contributed by atoms with Crippen LogP contribution in [0.3, 0.4) is 0 Å². The molecule has 0 fully saturated rings. The Kier molecular flexibility index (Phi) is 3.99. The number of hydrogen-bond acceptors (Lipinski definition) is 3. The molecule has 1 aromatic rings. The van der Waals surface area contributed by atoms with Crippen molar-refractivity contribution in [2.75, 3.05) is 0 Å². The summed E-state index contributed by atoms with van der Waals surface area (Å²) < 4.78 is 0. The fourth-order valence-electron chi connectivity index (χ4n) is 1.15. The van der Waals surface area contributed by atoms with Crippen molar-refractivity contribution >= 4 is 11.9 Å². The third kappa shape index (κ3) is 2.79. The van der Waals surface area contributed by atoms with Crippen molar-refractivity contribution < 1.29 is 14.7 Å². The van der Waals surface area contributed by atoms with E-state index in [1.165, 1.54) is 18.3 Å². The molecule has 0 aromatic carbocycles. The lowest BCUT2D eigenvalue weighted by atomic mass is 10.1. The fourth-order valence-corrected chi connectivity index (χ4v) is 1.15. The Balaban J connectivity index is 2.95. The van der Waals surface area contributed by atoms with Gasteiger partial charge >= 0.3 is 5.97 Å². The monoisotopic (exact) mass is 222 g/mol. The number of hydrogen-bond donors (Lipinski definition) is 2. The Morgan fingerprint density at radius 2 is 2.25 bits per heavy atom. The first-order valence-electron chi connectivity index (χ1n) is 5.05. The van der Waals surface area contributed by atoms with Crippen LogP contribution in [-0.4, -0.2) is 28.0 Å². The fraction of sp³-hybridized carbons (Fsp3) is 0.364. The van der Waals surface area contributed by atoms with E-state index in [9.17, 15) is 9.59 Å². The molecule has 0 radical (unpaired) electrons. The second-order valence-corrected chi connectivity index (χ2v) is 3.49. The minimum Gasteiger partial charge on any atom is -0.478 e. The molecule has 1 amide bonds. The highest BCUT2D eigenvalue weighted by molar-refractivity contribution is 6.03. The highest BCUT2D eigenvalue weighted by Gasteiger charge is 2.18. The number of rotatable bonds is 4. The molecule has 1 unspecified atom stereocenters. The number of amides is 1. The maximum absolute atomic E-state index is 11.7. The number of carbonyl (C=O) groups excluding carboxylic acids is 1. The van der Waals surface area contributed by atoms with Gasteiger partial charge in [-0.25, -0.2) is 4.79 Å². The van der Waals surface area contributed by atoms with Gasteiger partial charge in [0.25, 0.3) is 5.91 Å². The van der Waals surface area contributed by atoms with E-state index < -0.39 is 11.9 Å². The summed E-state index contributed by atoms with van der Waals surface area (Å²) in [4.78, 5) is 26.4. The molecule has 16 heavy (non-hydrogen) atoms. The molecule has 0 aliphatic carbocycles. The highest BCUT2D eigenvalue weighted by atomic mass is 16.4. The quantitative estimate of drug-likeness (QED) is 0.804. The molecule has 0 saturated carbocycles. The lowest BCUT2D eigenvalue weighted by Crippen LogP contribution is -2.33. The number of pyridine rings is 1. The molecule has 86 valence electrons. The Morgan fingerprint density at radius 3 is 2.81 bits per heavy atom. The molecule has 0 saturated heterocycles. The smallest absolute Gasteiger partial charge is 0.338 e. The van der Waals surface area contributed by atoms with Crippen molar-refractivity contribution in [1.82, 2.24) is 10.3 Å². The van der Waals surface area contributed by atoms with Gasteiger partial charge in [-0.3, -0.25) is 9.78 Å². The molecule has 0 spiro atoms. The van der Waals surface area contributed by atoms with Crippen LogP contribution in [0.5, 0.6) is 0 Å². The number of carboxylic acid groups (broad SMARTS) is 1. The SMILES string of the molecule is CCC(C)NC(=O)c1ncccc1C(=O)O. The zero-order chi connectivity index (χ0) is 12.1. The van der Waals surface area contributed by atoms with E-state index in [1.54, 1.807) is 0 Å². The van der Waals surface area contributed by atoms with Gasteiger partial charge in [-0.1, -0.05) is 6.92 Å². The van der Waals surface area contributed by atoms with Gasteiger partial charge < -0.3 is 10.4 Å². The van der Waals surface area contributed by atoms with E-state index in [-0.39, 0.29) is 17.3 Å². The molecular formula is C11H14N2O3. The van der Waals surface area contributed by atoms with Gasteiger partial charge in [-0.05, 0) is 25.5 Å². The Hall–Kier alpha value is -1.91. The van der Waals surface area contributed by atoms with E-state index in [0.29, 0.717) is 0 Å². The maximum atomic E-state index is 11.7. The minimum atomic E-state index is -1.15. The first-order chi connectivity index (χ1) is 7.56. The molecule has 5 heteroatoms. The van der Waals surface area contributed by atoms with Crippen LogP contribution in [0.4, 0.5) is 0 Å². The molecule has 2 N–H and O–H groups in total. The average molecular weight is 222 g/mol. The Bertz CT molecular complexity index is 404. The van der Waals surface area contributed by atoms with Crippen molar-refractivity contribution in [1.29, 1.82) is 0 Å². The molecule has 0 aliphatic rings. The first kappa shape index (κ1) is 12.2. The minimum absolute atomic E-state index is 0.00356. The van der Waals surface area contributed by atoms with Gasteiger partial charge in [0.05, 0.1) is 5.56 Å². The average Bonchev–Trinajstić information content (AvgIpc) is 2.28. The van der Waals surface area contributed by atoms with Crippen molar-refractivity contribution in [3.63, 3.8) is 0 Å². The second-order valence-electron chi connectivity index (χ2n) is 3.49. The third-order valence-corrected chi connectivity index (χ3v) is 2.24. The van der Waals surface area contributed by atoms with Gasteiger partial charge in [0.1, 0.15) is 5.69 Å². The standard InChI is InChI=1S/C11H14N2O3/c1-3-7(2)13-10(14)9-8(11(15)16)5-4-6-12-9/h4-7H,3H2,1-2H3,(H,13,14)(H,15,16). The summed E-state index contributed by atoms with van der Waals surface area (Å²) in [7, 11) is 0. The summed E-state index contributed by atoms with van der Waals surface area (Å²) >= 11 is 0. The summed E-state index contributed by atoms with van der Waals surface area (Å²) in [5.74, 6) is -1.60. The molecule has 1 atom stereocenters. The second kappa shape index (κ2) is 5.25. The summed E-state index contributed by atoms with van der Waals surface area (Å²) in [5, 5.41) is 11.6. The predicted octanol–water partition coefficient (Wildman–Crippen LogP) is 1.31. The predicted molar refractivity (Wildman–Crippen MR) is 58.4 cm³/mol. The molecule has 1 aromatic heterocycles. The Morgan fingerprint density at radius 1 is 1.56 bits per heavy atom. The summed E-state index contributed by atoms with van der Waals surface area (Å²) in [5.41, 5.74) is -0.126. The third-order valence-electron chi connectivity index (χ3n) is 2.24. The van der Waals surface area contributed by atoms with Crippen LogP contribution in [0.15, 0.2) is 18.3 Å². The largest absolute Gasteiger partial charge is 0.478 e. The van der Waals surface area contributed by atoms with Gasteiger partial charge in [0, 0.05) is 12.2 Å². The van der Waals surface area contributed by atoms with Crippen LogP contribution in [-0.2, 0) is 0 Å². The zero-order valence-electron chi connectivity index (χ0n) is 9.23. The van der Waals surface area contributed by atoms with E-state index in [0.717, 1.165) is 6.42 Å². The lowest BCUT2D eigenvalue weighted by Gasteiger charge is -2.11. The number of aromatic nitrogens is 1. The number of nitrogens with zero attached hydrogens (tertiary/aromatic N) is 1. The van der Waals surface area contributed by atoms with Crippen LogP contribution >= 0.6 is 0 Å². The molecule has 5 nitrogen and oxygen atoms in total. The van der Waals surface area contributed by atoms with Crippen LogP contribution in [0.1, 0.15) is 41.1 Å². The highest BCUT2D eigenvalue weighted by Crippen LogP contribution is 2.05. The maximum Gasteiger partial charge on any atom is 0.338 e. The van der Waals surface area contributed by atoms with E-state index in [1.807, 2.05) is 13.8 Å². The van der Waals surface area contributed by atoms with Gasteiger partial charge in [0.15, 0.2) is 0 Å². The summed E-state index contributed by atoms with van der Waals surface area (Å²) in [6, 6.07) is 2.85. The van der Waals surface area contributed by atoms with E-state index in [4.69, 9.17) is 5.11 Å². The van der Waals surface area contributed by atoms with Crippen LogP contribution in [0.25, 0.3) is 0 Å². The number of aromatic carboxylic acids is 1. The zero-order valence-corrected chi connectivity index (χ0v) is 9.23. The normalized spacial score (nSPS) is 11.9. The molecule has 0 bridgehead atoms. The van der Waals surface area contributed by atoms with Gasteiger partial charge in [-0.15, -0.1) is 0 Å². The number of carbonyl (C=O) groups is 2. The molecule has 1 rings (SSSR count). The topological polar surface area (TPSA) is 79.3 Å². The van der Waals surface area contributed by atoms with Gasteiger partial charge in [-0.2, -0.15) is 0 Å². The molecular weight excluding hydrogens is 208 g/mol. The van der Waals surface area contributed by atoms with E-state index >= 15 is 0 Å². The van der Waals surface area contributed by atoms with Crippen LogP contribution < -0.4 is 5.32 Å².